The van der Waals surface area contributed by atoms with E-state index in [1.807, 2.05) is 27.7 Å². The third-order valence-electron chi connectivity index (χ3n) is 2.20. The fraction of sp³-hybridized carbons (Fsp3) is 1.00. The lowest BCUT2D eigenvalue weighted by Crippen LogP contribution is -2.41. The largest absolute Gasteiger partial charge is 0.374 e. The van der Waals surface area contributed by atoms with Crippen LogP contribution in [0.15, 0.2) is 0 Å². The van der Waals surface area contributed by atoms with Crippen LogP contribution in [0, 0.1) is 0 Å². The van der Waals surface area contributed by atoms with Gasteiger partial charge in [0.2, 0.25) is 0 Å². The van der Waals surface area contributed by atoms with Crippen LogP contribution in [-0.2, 0) is 14.2 Å². The van der Waals surface area contributed by atoms with Crippen LogP contribution in [0.4, 0.5) is 0 Å². The van der Waals surface area contributed by atoms with Crippen LogP contribution in [0.5, 0.6) is 0 Å². The molecule has 0 amide bonds. The summed E-state index contributed by atoms with van der Waals surface area (Å²) in [4.78, 5) is 0. The monoisotopic (exact) mass is 219 g/mol. The van der Waals surface area contributed by atoms with E-state index < -0.39 is 0 Å². The Kier molecular flexibility index (Phi) is 7.96. The molecule has 0 aliphatic rings. The van der Waals surface area contributed by atoms with Crippen molar-refractivity contribution >= 4 is 0 Å². The minimum Gasteiger partial charge on any atom is -0.374 e. The molecule has 0 aliphatic carbocycles. The molecule has 0 spiro atoms. The Bertz CT molecular complexity index is 145. The van der Waals surface area contributed by atoms with Gasteiger partial charge in [-0.15, -0.1) is 0 Å². The summed E-state index contributed by atoms with van der Waals surface area (Å²) in [5, 5.41) is 0. The Balaban J connectivity index is 3.69. The van der Waals surface area contributed by atoms with E-state index in [9.17, 15) is 0 Å². The molecule has 0 aromatic rings. The maximum atomic E-state index is 5.94. The van der Waals surface area contributed by atoms with Crippen molar-refractivity contribution in [1.82, 2.24) is 0 Å². The second kappa shape index (κ2) is 8.05. The smallest absolute Gasteiger partial charge is 0.180 e. The van der Waals surface area contributed by atoms with E-state index in [0.29, 0.717) is 26.4 Å². The summed E-state index contributed by atoms with van der Waals surface area (Å²) in [6.45, 7) is 10.1. The van der Waals surface area contributed by atoms with Crippen LogP contribution < -0.4 is 5.73 Å². The van der Waals surface area contributed by atoms with Crippen LogP contribution in [0.25, 0.3) is 0 Å². The first-order valence-corrected chi connectivity index (χ1v) is 5.65. The number of hydrogen-bond acceptors (Lipinski definition) is 4. The highest BCUT2D eigenvalue weighted by molar-refractivity contribution is 4.75. The number of rotatable bonds is 9. The Morgan fingerprint density at radius 3 is 2.07 bits per heavy atom. The summed E-state index contributed by atoms with van der Waals surface area (Å²) in [5.41, 5.74) is 5.68. The third kappa shape index (κ3) is 7.73. The van der Waals surface area contributed by atoms with E-state index in [-0.39, 0.29) is 11.8 Å². The first-order chi connectivity index (χ1) is 7.05. The summed E-state index contributed by atoms with van der Waals surface area (Å²) >= 11 is 0. The van der Waals surface area contributed by atoms with Gasteiger partial charge in [0.1, 0.15) is 0 Å². The van der Waals surface area contributed by atoms with Crippen LogP contribution in [0.2, 0.25) is 0 Å². The molecule has 15 heavy (non-hydrogen) atoms. The van der Waals surface area contributed by atoms with E-state index in [4.69, 9.17) is 19.9 Å². The summed E-state index contributed by atoms with van der Waals surface area (Å²) < 4.78 is 16.2. The van der Waals surface area contributed by atoms with E-state index in [2.05, 4.69) is 0 Å². The normalized spacial score (nSPS) is 15.6. The summed E-state index contributed by atoms with van der Waals surface area (Å²) in [7, 11) is 0. The molecule has 0 radical (unpaired) electrons. The summed E-state index contributed by atoms with van der Waals surface area (Å²) in [6, 6.07) is 0. The molecular formula is C11H25NO3. The predicted octanol–water partition coefficient (Wildman–Crippen LogP) is 1.53. The maximum Gasteiger partial charge on any atom is 0.180 e. The van der Waals surface area contributed by atoms with Crippen molar-refractivity contribution < 1.29 is 14.2 Å². The second-order valence-electron chi connectivity index (χ2n) is 3.86. The topological polar surface area (TPSA) is 53.7 Å². The Hall–Kier alpha value is -0.160. The second-order valence-corrected chi connectivity index (χ2v) is 3.86. The van der Waals surface area contributed by atoms with Crippen molar-refractivity contribution in [2.75, 3.05) is 26.4 Å². The fourth-order valence-corrected chi connectivity index (χ4v) is 1.01. The molecule has 92 valence electrons. The van der Waals surface area contributed by atoms with Crippen molar-refractivity contribution in [2.45, 2.75) is 45.9 Å². The van der Waals surface area contributed by atoms with Crippen LogP contribution in [0.3, 0.4) is 0 Å². The first kappa shape index (κ1) is 14.8. The molecule has 0 aromatic carbocycles. The molecule has 0 fully saturated rings. The van der Waals surface area contributed by atoms with Crippen molar-refractivity contribution in [1.29, 1.82) is 0 Å². The van der Waals surface area contributed by atoms with Gasteiger partial charge in [0.05, 0.1) is 13.2 Å². The van der Waals surface area contributed by atoms with E-state index >= 15 is 0 Å². The molecule has 0 aromatic heterocycles. The van der Waals surface area contributed by atoms with E-state index in [1.165, 1.54) is 0 Å². The lowest BCUT2D eigenvalue weighted by atomic mass is 10.0. The molecule has 0 heterocycles. The lowest BCUT2D eigenvalue weighted by molar-refractivity contribution is -0.169. The molecule has 1 unspecified atom stereocenters. The average Bonchev–Trinajstić information content (AvgIpc) is 2.18. The summed E-state index contributed by atoms with van der Waals surface area (Å²) in [5.74, 6) is 0. The molecule has 2 N–H and O–H groups in total. The van der Waals surface area contributed by atoms with Crippen LogP contribution in [0.1, 0.15) is 34.1 Å². The van der Waals surface area contributed by atoms with Gasteiger partial charge in [0.15, 0.2) is 6.29 Å². The predicted molar refractivity (Wildman–Crippen MR) is 60.7 cm³/mol. The molecular weight excluding hydrogens is 194 g/mol. The SMILES string of the molecule is CCOC(COCC(C)(N)CC)OCC. The minimum atomic E-state index is -0.271. The Labute approximate surface area is 93.1 Å². The molecule has 0 rings (SSSR count). The summed E-state index contributed by atoms with van der Waals surface area (Å²) in [6.07, 6.45) is 0.619. The van der Waals surface area contributed by atoms with Gasteiger partial charge in [-0.05, 0) is 27.2 Å². The zero-order valence-corrected chi connectivity index (χ0v) is 10.4. The third-order valence-corrected chi connectivity index (χ3v) is 2.20. The zero-order chi connectivity index (χ0) is 11.7. The number of hydrogen-bond donors (Lipinski definition) is 1. The van der Waals surface area contributed by atoms with Gasteiger partial charge in [-0.2, -0.15) is 0 Å². The van der Waals surface area contributed by atoms with E-state index in [0.717, 1.165) is 6.42 Å². The van der Waals surface area contributed by atoms with Crippen LogP contribution in [-0.4, -0.2) is 38.3 Å². The van der Waals surface area contributed by atoms with Gasteiger partial charge in [-0.1, -0.05) is 6.92 Å². The van der Waals surface area contributed by atoms with Gasteiger partial charge in [-0.3, -0.25) is 0 Å². The number of ether oxygens (including phenoxy) is 3. The molecule has 0 bridgehead atoms. The van der Waals surface area contributed by atoms with Gasteiger partial charge in [-0.25, -0.2) is 0 Å². The van der Waals surface area contributed by atoms with Gasteiger partial charge >= 0.3 is 0 Å². The standard InChI is InChI=1S/C11H25NO3/c1-5-11(4,12)9-13-8-10(14-6-2)15-7-3/h10H,5-9,12H2,1-4H3. The molecule has 0 saturated heterocycles. The zero-order valence-electron chi connectivity index (χ0n) is 10.4. The van der Waals surface area contributed by atoms with Crippen LogP contribution >= 0.6 is 0 Å². The van der Waals surface area contributed by atoms with Crippen molar-refractivity contribution in [3.63, 3.8) is 0 Å². The van der Waals surface area contributed by atoms with Gasteiger partial charge < -0.3 is 19.9 Å². The Morgan fingerprint density at radius 1 is 1.13 bits per heavy atom. The maximum absolute atomic E-state index is 5.94. The molecule has 4 nitrogen and oxygen atoms in total. The fourth-order valence-electron chi connectivity index (χ4n) is 1.01. The highest BCUT2D eigenvalue weighted by atomic mass is 16.7. The molecule has 4 heteroatoms. The minimum absolute atomic E-state index is 0.261. The quantitative estimate of drug-likeness (QED) is 0.597. The van der Waals surface area contributed by atoms with E-state index in [1.54, 1.807) is 0 Å². The molecule has 0 saturated carbocycles. The van der Waals surface area contributed by atoms with Gasteiger partial charge in [0.25, 0.3) is 0 Å². The van der Waals surface area contributed by atoms with Crippen molar-refractivity contribution in [3.05, 3.63) is 0 Å². The number of nitrogens with two attached hydrogens (primary N) is 1. The highest BCUT2D eigenvalue weighted by Gasteiger charge is 2.17. The van der Waals surface area contributed by atoms with Crippen molar-refractivity contribution in [2.24, 2.45) is 5.73 Å². The highest BCUT2D eigenvalue weighted by Crippen LogP contribution is 2.06. The molecule has 1 atom stereocenters. The molecule has 0 aliphatic heterocycles. The average molecular weight is 219 g/mol. The first-order valence-electron chi connectivity index (χ1n) is 5.65. The lowest BCUT2D eigenvalue weighted by Gasteiger charge is -2.24. The van der Waals surface area contributed by atoms with Gasteiger partial charge in [0, 0.05) is 18.8 Å². The van der Waals surface area contributed by atoms with Crippen molar-refractivity contribution in [3.8, 4) is 0 Å². The Morgan fingerprint density at radius 2 is 1.67 bits per heavy atom.